The quantitative estimate of drug-likeness (QED) is 0.239. The fourth-order valence-corrected chi connectivity index (χ4v) is 4.70. The number of benzene rings is 3. The van der Waals surface area contributed by atoms with Gasteiger partial charge in [-0.2, -0.15) is 5.10 Å². The number of rotatable bonds is 13. The van der Waals surface area contributed by atoms with Crippen LogP contribution < -0.4 is 11.1 Å². The summed E-state index contributed by atoms with van der Waals surface area (Å²) >= 11 is 0. The van der Waals surface area contributed by atoms with Crippen LogP contribution in [0.3, 0.4) is 0 Å². The molecule has 41 heavy (non-hydrogen) atoms. The van der Waals surface area contributed by atoms with Crippen LogP contribution in [0, 0.1) is 0 Å². The van der Waals surface area contributed by atoms with Crippen molar-refractivity contribution >= 4 is 18.1 Å². The van der Waals surface area contributed by atoms with Gasteiger partial charge >= 0.3 is 0 Å². The van der Waals surface area contributed by atoms with Gasteiger partial charge in [-0.3, -0.25) is 14.9 Å². The summed E-state index contributed by atoms with van der Waals surface area (Å²) in [6.45, 7) is 1.22. The number of nitrogens with one attached hydrogen (secondary N) is 1. The molecule has 1 fully saturated rings. The first-order valence-electron chi connectivity index (χ1n) is 13.3. The van der Waals surface area contributed by atoms with Crippen molar-refractivity contribution in [2.24, 2.45) is 0 Å². The Balaban J connectivity index is 1.42. The van der Waals surface area contributed by atoms with Gasteiger partial charge in [0.2, 0.25) is 6.41 Å². The highest BCUT2D eigenvalue weighted by Crippen LogP contribution is 2.36. The third-order valence-corrected chi connectivity index (χ3v) is 6.76. The smallest absolute Gasteiger partial charge is 0.263 e. The van der Waals surface area contributed by atoms with Crippen molar-refractivity contribution in [3.05, 3.63) is 119 Å². The van der Waals surface area contributed by atoms with Crippen LogP contribution in [0.25, 0.3) is 0 Å². The van der Waals surface area contributed by atoms with E-state index in [0.717, 1.165) is 16.7 Å². The van der Waals surface area contributed by atoms with Crippen molar-refractivity contribution in [3.8, 4) is 0 Å². The largest absolute Gasteiger partial charge is 0.383 e. The van der Waals surface area contributed by atoms with Crippen LogP contribution in [0.5, 0.6) is 0 Å². The summed E-state index contributed by atoms with van der Waals surface area (Å²) < 4.78 is 26.8. The van der Waals surface area contributed by atoms with E-state index in [4.69, 9.17) is 24.7 Å². The second-order valence-electron chi connectivity index (χ2n) is 9.57. The van der Waals surface area contributed by atoms with Crippen LogP contribution in [0.1, 0.15) is 33.3 Å². The van der Waals surface area contributed by atoms with Crippen LogP contribution >= 0.6 is 0 Å². The number of carbonyl (C=O) groups is 2. The Morgan fingerprint density at radius 2 is 1.39 bits per heavy atom. The topological polar surface area (TPSA) is 127 Å². The van der Waals surface area contributed by atoms with Gasteiger partial charge in [-0.1, -0.05) is 91.0 Å². The molecule has 1 aliphatic heterocycles. The number of ether oxygens (including phenoxy) is 4. The molecule has 2 amide bonds. The van der Waals surface area contributed by atoms with Crippen LogP contribution in [0.2, 0.25) is 0 Å². The monoisotopic (exact) mass is 556 g/mol. The molecule has 4 atom stereocenters. The lowest BCUT2D eigenvalue weighted by atomic mass is 10.1. The number of nitrogens with two attached hydrogens (primary N) is 1. The van der Waals surface area contributed by atoms with Crippen molar-refractivity contribution in [2.45, 2.75) is 44.4 Å². The summed E-state index contributed by atoms with van der Waals surface area (Å²) in [6.07, 6.45) is -0.995. The highest BCUT2D eigenvalue weighted by atomic mass is 16.6. The number of anilines is 1. The number of hydrogen-bond donors (Lipinski definition) is 2. The molecule has 5 rings (SSSR count). The lowest BCUT2D eigenvalue weighted by Crippen LogP contribution is -2.38. The maximum Gasteiger partial charge on any atom is 0.263 e. The Bertz CT molecular complexity index is 1400. The molecule has 10 heteroatoms. The van der Waals surface area contributed by atoms with Crippen LogP contribution in [0.4, 0.5) is 5.82 Å². The van der Waals surface area contributed by atoms with E-state index >= 15 is 0 Å². The molecular formula is C31H32N4O6. The summed E-state index contributed by atoms with van der Waals surface area (Å²) in [6, 6.07) is 29.4. The molecule has 1 aromatic heterocycles. The van der Waals surface area contributed by atoms with E-state index in [1.165, 1.54) is 10.9 Å². The fourth-order valence-electron chi connectivity index (χ4n) is 4.70. The number of nitrogen functional groups attached to an aromatic ring is 1. The third-order valence-electron chi connectivity index (χ3n) is 6.76. The lowest BCUT2D eigenvalue weighted by molar-refractivity contribution is -0.108. The average Bonchev–Trinajstić information content (AvgIpc) is 3.56. The van der Waals surface area contributed by atoms with Crippen molar-refractivity contribution in [3.63, 3.8) is 0 Å². The first-order valence-corrected chi connectivity index (χ1v) is 13.3. The predicted molar refractivity (Wildman–Crippen MR) is 150 cm³/mol. The van der Waals surface area contributed by atoms with Gasteiger partial charge in [-0.25, -0.2) is 4.68 Å². The minimum Gasteiger partial charge on any atom is -0.383 e. The first kappa shape index (κ1) is 28.2. The van der Waals surface area contributed by atoms with Gasteiger partial charge in [-0.05, 0) is 16.7 Å². The van der Waals surface area contributed by atoms with Crippen LogP contribution in [-0.4, -0.2) is 47.0 Å². The first-order chi connectivity index (χ1) is 20.1. The van der Waals surface area contributed by atoms with E-state index < -0.39 is 30.4 Å². The predicted octanol–water partition coefficient (Wildman–Crippen LogP) is 3.64. The maximum atomic E-state index is 12.4. The summed E-state index contributed by atoms with van der Waals surface area (Å²) in [5.74, 6) is -0.626. The van der Waals surface area contributed by atoms with Crippen molar-refractivity contribution in [1.29, 1.82) is 0 Å². The standard InChI is InChI=1S/C31H32N4O6/c32-29-25(30(37)33-21-36)16-34-35(29)31-28(40-19-24-14-8-3-9-15-24)27(39-18-23-12-6-2-7-13-23)26(41-31)20-38-17-22-10-4-1-5-11-22/h1-16,21,26-28,31H,17-20,32H2,(H,33,36,37)/t26-,27-,28-,31-/m1/s1. The number of aromatic nitrogens is 2. The van der Waals surface area contributed by atoms with E-state index in [2.05, 4.69) is 10.4 Å². The van der Waals surface area contributed by atoms with E-state index in [1.54, 1.807) is 0 Å². The minimum atomic E-state index is -0.831. The average molecular weight is 557 g/mol. The number of hydrogen-bond acceptors (Lipinski definition) is 8. The van der Waals surface area contributed by atoms with Crippen molar-refractivity contribution in [2.75, 3.05) is 12.3 Å². The summed E-state index contributed by atoms with van der Waals surface area (Å²) in [5.41, 5.74) is 9.37. The number of amides is 2. The van der Waals surface area contributed by atoms with Gasteiger partial charge in [0.15, 0.2) is 6.23 Å². The van der Waals surface area contributed by atoms with Crippen LogP contribution in [-0.2, 0) is 43.6 Å². The Hall–Kier alpha value is -4.35. The molecule has 0 unspecified atom stereocenters. The number of nitrogens with zero attached hydrogens (tertiary/aromatic N) is 2. The van der Waals surface area contributed by atoms with E-state index in [-0.39, 0.29) is 24.6 Å². The fraction of sp³-hybridized carbons (Fsp3) is 0.258. The Labute approximate surface area is 238 Å². The van der Waals surface area contributed by atoms with Gasteiger partial charge in [0.25, 0.3) is 5.91 Å². The highest BCUT2D eigenvalue weighted by molar-refractivity contribution is 6.02. The van der Waals surface area contributed by atoms with Gasteiger partial charge in [0.1, 0.15) is 29.7 Å². The van der Waals surface area contributed by atoms with E-state index in [0.29, 0.717) is 19.6 Å². The Morgan fingerprint density at radius 1 is 0.854 bits per heavy atom. The van der Waals surface area contributed by atoms with Gasteiger partial charge < -0.3 is 24.7 Å². The maximum absolute atomic E-state index is 12.4. The molecule has 10 nitrogen and oxygen atoms in total. The SMILES string of the molecule is Nc1c(C(=O)NC=O)cnn1[C@@H]1O[C@H](COCc2ccccc2)[C@@H](OCc2ccccc2)[C@H]1OCc1ccccc1. The van der Waals surface area contributed by atoms with E-state index in [9.17, 15) is 9.59 Å². The molecule has 0 saturated carbocycles. The molecular weight excluding hydrogens is 524 g/mol. The molecule has 2 heterocycles. The zero-order valence-corrected chi connectivity index (χ0v) is 22.4. The molecule has 4 aromatic rings. The molecule has 0 aliphatic carbocycles. The van der Waals surface area contributed by atoms with Crippen LogP contribution in [0.15, 0.2) is 97.2 Å². The summed E-state index contributed by atoms with van der Waals surface area (Å²) in [7, 11) is 0. The number of carbonyl (C=O) groups excluding carboxylic acids is 2. The molecule has 0 bridgehead atoms. The zero-order chi connectivity index (χ0) is 28.4. The molecule has 0 radical (unpaired) electrons. The summed E-state index contributed by atoms with van der Waals surface area (Å²) in [5, 5.41) is 6.43. The van der Waals surface area contributed by atoms with Crippen molar-refractivity contribution < 1.29 is 28.5 Å². The van der Waals surface area contributed by atoms with Crippen molar-refractivity contribution in [1.82, 2.24) is 15.1 Å². The summed E-state index contributed by atoms with van der Waals surface area (Å²) in [4.78, 5) is 23.2. The molecule has 1 saturated heterocycles. The third kappa shape index (κ3) is 7.05. The molecule has 3 aromatic carbocycles. The molecule has 1 aliphatic rings. The Kier molecular flexibility index (Phi) is 9.50. The number of imide groups is 1. The molecule has 212 valence electrons. The molecule has 3 N–H and O–H groups in total. The minimum absolute atomic E-state index is 0.0373. The second-order valence-corrected chi connectivity index (χ2v) is 9.57. The second kappa shape index (κ2) is 13.8. The molecule has 0 spiro atoms. The normalized spacial score (nSPS) is 20.1. The highest BCUT2D eigenvalue weighted by Gasteiger charge is 2.48. The van der Waals surface area contributed by atoms with Gasteiger partial charge in [0, 0.05) is 0 Å². The van der Waals surface area contributed by atoms with Gasteiger partial charge in [-0.15, -0.1) is 0 Å². The van der Waals surface area contributed by atoms with Gasteiger partial charge in [0.05, 0.1) is 32.6 Å². The Morgan fingerprint density at radius 3 is 1.95 bits per heavy atom. The lowest BCUT2D eigenvalue weighted by Gasteiger charge is -2.25. The van der Waals surface area contributed by atoms with E-state index in [1.807, 2.05) is 91.0 Å². The zero-order valence-electron chi connectivity index (χ0n) is 22.4.